The van der Waals surface area contributed by atoms with E-state index < -0.39 is 0 Å². The molecule has 0 radical (unpaired) electrons. The average molecular weight is 296 g/mol. The summed E-state index contributed by atoms with van der Waals surface area (Å²) >= 11 is 3.43. The summed E-state index contributed by atoms with van der Waals surface area (Å²) in [5.74, 6) is 1.52. The number of hydrogen-bond acceptors (Lipinski definition) is 2. The van der Waals surface area contributed by atoms with Crippen molar-refractivity contribution in [3.63, 3.8) is 0 Å². The number of nitrogens with zero attached hydrogens (tertiary/aromatic N) is 1. The first-order valence-electron chi connectivity index (χ1n) is 6.04. The van der Waals surface area contributed by atoms with Gasteiger partial charge in [0.15, 0.2) is 5.78 Å². The lowest BCUT2D eigenvalue weighted by molar-refractivity contribution is 0.101. The van der Waals surface area contributed by atoms with Crippen molar-refractivity contribution >= 4 is 27.4 Å². The Bertz CT molecular complexity index is 434. The molecule has 1 fully saturated rings. The molecule has 0 aliphatic carbocycles. The molecule has 0 saturated carbocycles. The number of hydrogen-bond donors (Lipinski definition) is 0. The van der Waals surface area contributed by atoms with Crippen LogP contribution in [0.4, 0.5) is 5.69 Å². The number of ketones is 1. The number of rotatable bonds is 2. The van der Waals surface area contributed by atoms with Crippen molar-refractivity contribution in [2.24, 2.45) is 11.8 Å². The van der Waals surface area contributed by atoms with Crippen molar-refractivity contribution in [2.75, 3.05) is 18.0 Å². The van der Waals surface area contributed by atoms with Gasteiger partial charge < -0.3 is 4.90 Å². The van der Waals surface area contributed by atoms with E-state index in [1.54, 1.807) is 6.92 Å². The highest BCUT2D eigenvalue weighted by molar-refractivity contribution is 9.10. The van der Waals surface area contributed by atoms with E-state index in [0.29, 0.717) is 11.8 Å². The quantitative estimate of drug-likeness (QED) is 0.775. The summed E-state index contributed by atoms with van der Waals surface area (Å²) in [5, 5.41) is 0. The van der Waals surface area contributed by atoms with E-state index in [1.807, 2.05) is 18.2 Å². The van der Waals surface area contributed by atoms with Gasteiger partial charge in [-0.15, -0.1) is 0 Å². The van der Waals surface area contributed by atoms with Crippen molar-refractivity contribution in [2.45, 2.75) is 20.8 Å². The maximum absolute atomic E-state index is 11.7. The van der Waals surface area contributed by atoms with E-state index in [4.69, 9.17) is 0 Å². The van der Waals surface area contributed by atoms with Gasteiger partial charge in [0.2, 0.25) is 0 Å². The van der Waals surface area contributed by atoms with Crippen LogP contribution in [0, 0.1) is 11.8 Å². The van der Waals surface area contributed by atoms with Gasteiger partial charge in [-0.3, -0.25) is 4.79 Å². The van der Waals surface area contributed by atoms with Gasteiger partial charge in [-0.25, -0.2) is 0 Å². The molecule has 1 aromatic rings. The summed E-state index contributed by atoms with van der Waals surface area (Å²) in [6, 6.07) is 5.98. The summed E-state index contributed by atoms with van der Waals surface area (Å²) in [7, 11) is 0. The minimum absolute atomic E-state index is 0.133. The zero-order valence-corrected chi connectivity index (χ0v) is 12.1. The molecule has 0 aromatic heterocycles. The number of benzene rings is 1. The molecule has 1 aliphatic rings. The fourth-order valence-electron chi connectivity index (χ4n) is 2.39. The average Bonchev–Trinajstić information content (AvgIpc) is 2.59. The van der Waals surface area contributed by atoms with Crippen LogP contribution in [-0.2, 0) is 0 Å². The molecule has 92 valence electrons. The molecule has 1 saturated heterocycles. The molecule has 0 amide bonds. The first kappa shape index (κ1) is 12.6. The van der Waals surface area contributed by atoms with Gasteiger partial charge in [-0.05, 0) is 37.0 Å². The minimum atomic E-state index is 0.133. The van der Waals surface area contributed by atoms with Gasteiger partial charge >= 0.3 is 0 Å². The molecule has 17 heavy (non-hydrogen) atoms. The van der Waals surface area contributed by atoms with E-state index >= 15 is 0 Å². The van der Waals surface area contributed by atoms with Crippen LogP contribution in [0.25, 0.3) is 0 Å². The number of anilines is 1. The Labute approximate surface area is 111 Å². The molecule has 1 heterocycles. The minimum Gasteiger partial charge on any atom is -0.370 e. The Kier molecular flexibility index (Phi) is 3.57. The lowest BCUT2D eigenvalue weighted by Crippen LogP contribution is -2.21. The summed E-state index contributed by atoms with van der Waals surface area (Å²) in [6.07, 6.45) is 0. The van der Waals surface area contributed by atoms with Crippen LogP contribution in [0.15, 0.2) is 22.7 Å². The van der Waals surface area contributed by atoms with Crippen molar-refractivity contribution in [3.8, 4) is 0 Å². The van der Waals surface area contributed by atoms with E-state index in [1.165, 1.54) is 0 Å². The molecule has 2 unspecified atom stereocenters. The van der Waals surface area contributed by atoms with Gasteiger partial charge in [-0.1, -0.05) is 29.8 Å². The molecule has 2 rings (SSSR count). The SMILES string of the molecule is CC(=O)c1cc(Br)ccc1N1CC(C)C(C)C1. The molecular formula is C14H18BrNO. The van der Waals surface area contributed by atoms with E-state index in [9.17, 15) is 4.79 Å². The fourth-order valence-corrected chi connectivity index (χ4v) is 2.75. The largest absolute Gasteiger partial charge is 0.370 e. The normalized spacial score (nSPS) is 24.1. The summed E-state index contributed by atoms with van der Waals surface area (Å²) in [6.45, 7) is 8.27. The van der Waals surface area contributed by atoms with Gasteiger partial charge in [0, 0.05) is 28.8 Å². The van der Waals surface area contributed by atoms with Crippen LogP contribution in [0.5, 0.6) is 0 Å². The molecule has 1 aliphatic heterocycles. The van der Waals surface area contributed by atoms with E-state index in [2.05, 4.69) is 34.7 Å². The third kappa shape index (κ3) is 2.54. The van der Waals surface area contributed by atoms with Crippen LogP contribution in [0.3, 0.4) is 0 Å². The molecule has 0 N–H and O–H groups in total. The topological polar surface area (TPSA) is 20.3 Å². The zero-order chi connectivity index (χ0) is 12.6. The van der Waals surface area contributed by atoms with Crippen LogP contribution in [0.1, 0.15) is 31.1 Å². The lowest BCUT2D eigenvalue weighted by Gasteiger charge is -2.21. The molecular weight excluding hydrogens is 278 g/mol. The number of halogens is 1. The Morgan fingerprint density at radius 2 is 1.88 bits per heavy atom. The first-order valence-corrected chi connectivity index (χ1v) is 6.83. The van der Waals surface area contributed by atoms with Gasteiger partial charge in [0.1, 0.15) is 0 Å². The third-order valence-corrected chi connectivity index (χ3v) is 4.16. The third-order valence-electron chi connectivity index (χ3n) is 3.67. The van der Waals surface area contributed by atoms with Crippen molar-refractivity contribution in [1.82, 2.24) is 0 Å². The monoisotopic (exact) mass is 295 g/mol. The Balaban J connectivity index is 2.36. The summed E-state index contributed by atoms with van der Waals surface area (Å²) in [4.78, 5) is 14.0. The second-order valence-corrected chi connectivity index (χ2v) is 5.99. The Morgan fingerprint density at radius 1 is 1.29 bits per heavy atom. The Hall–Kier alpha value is -0.830. The Morgan fingerprint density at radius 3 is 2.41 bits per heavy atom. The molecule has 0 bridgehead atoms. The predicted octanol–water partition coefficient (Wildman–Crippen LogP) is 3.74. The van der Waals surface area contributed by atoms with Crippen LogP contribution < -0.4 is 4.90 Å². The first-order chi connectivity index (χ1) is 7.99. The van der Waals surface area contributed by atoms with Gasteiger partial charge in [0.25, 0.3) is 0 Å². The fraction of sp³-hybridized carbons (Fsp3) is 0.500. The van der Waals surface area contributed by atoms with E-state index in [0.717, 1.165) is 28.8 Å². The standard InChI is InChI=1S/C14H18BrNO/c1-9-7-16(8-10(9)2)14-5-4-12(15)6-13(14)11(3)17/h4-6,9-10H,7-8H2,1-3H3. The molecule has 1 aromatic carbocycles. The van der Waals surface area contributed by atoms with Crippen LogP contribution >= 0.6 is 15.9 Å². The van der Waals surface area contributed by atoms with Crippen molar-refractivity contribution in [3.05, 3.63) is 28.2 Å². The predicted molar refractivity (Wildman–Crippen MR) is 74.7 cm³/mol. The molecule has 0 spiro atoms. The maximum atomic E-state index is 11.7. The highest BCUT2D eigenvalue weighted by Crippen LogP contribution is 2.31. The highest BCUT2D eigenvalue weighted by Gasteiger charge is 2.27. The highest BCUT2D eigenvalue weighted by atomic mass is 79.9. The molecule has 2 atom stereocenters. The van der Waals surface area contributed by atoms with Crippen molar-refractivity contribution < 1.29 is 4.79 Å². The second kappa shape index (κ2) is 4.81. The summed E-state index contributed by atoms with van der Waals surface area (Å²) in [5.41, 5.74) is 1.90. The number of carbonyl (C=O) groups is 1. The van der Waals surface area contributed by atoms with Gasteiger partial charge in [0.05, 0.1) is 0 Å². The van der Waals surface area contributed by atoms with Crippen molar-refractivity contribution in [1.29, 1.82) is 0 Å². The van der Waals surface area contributed by atoms with Crippen LogP contribution in [-0.4, -0.2) is 18.9 Å². The smallest absolute Gasteiger partial charge is 0.161 e. The zero-order valence-electron chi connectivity index (χ0n) is 10.5. The molecule has 2 nitrogen and oxygen atoms in total. The van der Waals surface area contributed by atoms with Crippen LogP contribution in [0.2, 0.25) is 0 Å². The van der Waals surface area contributed by atoms with E-state index in [-0.39, 0.29) is 5.78 Å². The van der Waals surface area contributed by atoms with Gasteiger partial charge in [-0.2, -0.15) is 0 Å². The molecule has 3 heteroatoms. The second-order valence-electron chi connectivity index (χ2n) is 5.08. The summed E-state index contributed by atoms with van der Waals surface area (Å²) < 4.78 is 0.965. The number of carbonyl (C=O) groups excluding carboxylic acids is 1. The number of Topliss-reactive ketones (excluding diaryl/α,β-unsaturated/α-hetero) is 1. The lowest BCUT2D eigenvalue weighted by atomic mass is 10.0. The maximum Gasteiger partial charge on any atom is 0.161 e.